The number of carboxylic acids is 1. The van der Waals surface area contributed by atoms with Crippen molar-refractivity contribution in [3.05, 3.63) is 0 Å². The van der Waals surface area contributed by atoms with E-state index in [1.54, 1.807) is 0 Å². The minimum Gasteiger partial charge on any atom is -0.480 e. The SMILES string of the molecule is NCCC[C@H](NC(N)=NO)C(=O)O. The molecule has 13 heavy (non-hydrogen) atoms. The van der Waals surface area contributed by atoms with E-state index in [2.05, 4.69) is 10.5 Å². The van der Waals surface area contributed by atoms with Crippen LogP contribution >= 0.6 is 0 Å². The van der Waals surface area contributed by atoms with Gasteiger partial charge in [-0.15, -0.1) is 0 Å². The van der Waals surface area contributed by atoms with Crippen LogP contribution in [0.25, 0.3) is 0 Å². The van der Waals surface area contributed by atoms with Crippen LogP contribution in [0.1, 0.15) is 12.8 Å². The summed E-state index contributed by atoms with van der Waals surface area (Å²) in [5.74, 6) is -1.37. The second-order valence-electron chi connectivity index (χ2n) is 2.45. The van der Waals surface area contributed by atoms with Crippen LogP contribution in [-0.4, -0.2) is 34.8 Å². The van der Waals surface area contributed by atoms with Gasteiger partial charge in [-0.1, -0.05) is 5.16 Å². The standard InChI is InChI=1S/C6H14N4O3/c7-3-1-2-4(5(11)12)9-6(8)10-13/h4,13H,1-3,7H2,(H,11,12)(H3,8,9,10)/t4-/m0/s1. The smallest absolute Gasteiger partial charge is 0.326 e. The molecule has 0 amide bonds. The molecule has 0 aromatic rings. The highest BCUT2D eigenvalue weighted by Gasteiger charge is 2.16. The molecule has 0 aromatic heterocycles. The molecule has 76 valence electrons. The lowest BCUT2D eigenvalue weighted by Gasteiger charge is -2.12. The Labute approximate surface area is 75.4 Å². The Balaban J connectivity index is 4.02. The second-order valence-corrected chi connectivity index (χ2v) is 2.45. The van der Waals surface area contributed by atoms with Gasteiger partial charge in [-0.25, -0.2) is 4.79 Å². The van der Waals surface area contributed by atoms with E-state index in [1.165, 1.54) is 0 Å². The fraction of sp³-hybridized carbons (Fsp3) is 0.667. The molecule has 0 aliphatic heterocycles. The highest BCUT2D eigenvalue weighted by atomic mass is 16.4. The Morgan fingerprint density at radius 1 is 1.62 bits per heavy atom. The lowest BCUT2D eigenvalue weighted by Crippen LogP contribution is -2.44. The number of nitrogens with one attached hydrogen (secondary N) is 1. The van der Waals surface area contributed by atoms with Crippen molar-refractivity contribution in [1.29, 1.82) is 0 Å². The first kappa shape index (κ1) is 11.5. The molecule has 0 fully saturated rings. The molecule has 7 heteroatoms. The van der Waals surface area contributed by atoms with Crippen LogP contribution in [0.2, 0.25) is 0 Å². The third-order valence-corrected chi connectivity index (χ3v) is 1.42. The average molecular weight is 190 g/mol. The van der Waals surface area contributed by atoms with Gasteiger partial charge < -0.3 is 27.1 Å². The maximum Gasteiger partial charge on any atom is 0.326 e. The number of hydrogen-bond donors (Lipinski definition) is 5. The molecule has 0 spiro atoms. The maximum absolute atomic E-state index is 10.6. The van der Waals surface area contributed by atoms with Gasteiger partial charge in [0.25, 0.3) is 0 Å². The van der Waals surface area contributed by atoms with Crippen molar-refractivity contribution in [3.8, 4) is 0 Å². The van der Waals surface area contributed by atoms with Gasteiger partial charge >= 0.3 is 5.97 Å². The van der Waals surface area contributed by atoms with Crippen LogP contribution in [0.3, 0.4) is 0 Å². The molecule has 0 unspecified atom stereocenters. The van der Waals surface area contributed by atoms with E-state index in [9.17, 15) is 4.79 Å². The summed E-state index contributed by atoms with van der Waals surface area (Å²) in [5, 5.41) is 21.8. The number of carboxylic acid groups (broad SMARTS) is 1. The van der Waals surface area contributed by atoms with Crippen molar-refractivity contribution in [2.75, 3.05) is 6.54 Å². The summed E-state index contributed by atoms with van der Waals surface area (Å²) < 4.78 is 0. The van der Waals surface area contributed by atoms with Crippen LogP contribution in [0.4, 0.5) is 0 Å². The molecule has 0 heterocycles. The second kappa shape index (κ2) is 6.06. The molecular formula is C6H14N4O3. The normalized spacial score (nSPS) is 13.8. The fourth-order valence-corrected chi connectivity index (χ4v) is 0.787. The van der Waals surface area contributed by atoms with Gasteiger partial charge in [-0.3, -0.25) is 0 Å². The maximum atomic E-state index is 10.6. The number of hydrogen-bond acceptors (Lipinski definition) is 4. The predicted octanol–water partition coefficient (Wildman–Crippen LogP) is -1.53. The summed E-state index contributed by atoms with van der Waals surface area (Å²) in [5.41, 5.74) is 10.3. The molecule has 1 atom stereocenters. The molecule has 0 saturated carbocycles. The molecule has 0 aliphatic rings. The summed E-state index contributed by atoms with van der Waals surface area (Å²) in [6.07, 6.45) is 0.894. The van der Waals surface area contributed by atoms with Gasteiger partial charge in [-0.2, -0.15) is 0 Å². The van der Waals surface area contributed by atoms with Crippen LogP contribution in [0, 0.1) is 0 Å². The predicted molar refractivity (Wildman–Crippen MR) is 46.3 cm³/mol. The van der Waals surface area contributed by atoms with Gasteiger partial charge in [0, 0.05) is 0 Å². The van der Waals surface area contributed by atoms with Crippen molar-refractivity contribution in [2.24, 2.45) is 16.6 Å². The van der Waals surface area contributed by atoms with Crippen LogP contribution < -0.4 is 16.8 Å². The van der Waals surface area contributed by atoms with Gasteiger partial charge in [0.05, 0.1) is 0 Å². The lowest BCUT2D eigenvalue weighted by atomic mass is 10.1. The third-order valence-electron chi connectivity index (χ3n) is 1.42. The Morgan fingerprint density at radius 3 is 2.62 bits per heavy atom. The van der Waals surface area contributed by atoms with E-state index in [-0.39, 0.29) is 5.96 Å². The average Bonchev–Trinajstić information content (AvgIpc) is 2.11. The number of oxime groups is 1. The first-order valence-electron chi connectivity index (χ1n) is 3.78. The summed E-state index contributed by atoms with van der Waals surface area (Å²) in [6.45, 7) is 0.404. The zero-order valence-corrected chi connectivity index (χ0v) is 7.10. The molecule has 0 radical (unpaired) electrons. The van der Waals surface area contributed by atoms with Crippen LogP contribution in [0.15, 0.2) is 5.16 Å². The first-order valence-corrected chi connectivity index (χ1v) is 3.78. The highest BCUT2D eigenvalue weighted by molar-refractivity contribution is 5.84. The number of nitrogens with two attached hydrogens (primary N) is 2. The Morgan fingerprint density at radius 2 is 2.23 bits per heavy atom. The van der Waals surface area contributed by atoms with E-state index < -0.39 is 12.0 Å². The summed E-state index contributed by atoms with van der Waals surface area (Å²) in [4.78, 5) is 10.6. The van der Waals surface area contributed by atoms with E-state index in [4.69, 9.17) is 21.8 Å². The van der Waals surface area contributed by atoms with Crippen LogP contribution in [-0.2, 0) is 4.79 Å². The molecule has 0 rings (SSSR count). The van der Waals surface area contributed by atoms with Gasteiger partial charge in [-0.05, 0) is 19.4 Å². The molecule has 0 aliphatic carbocycles. The van der Waals surface area contributed by atoms with Crippen LogP contribution in [0.5, 0.6) is 0 Å². The zero-order chi connectivity index (χ0) is 10.3. The molecule has 7 N–H and O–H groups in total. The van der Waals surface area contributed by atoms with Gasteiger partial charge in [0.1, 0.15) is 6.04 Å². The van der Waals surface area contributed by atoms with E-state index in [1.807, 2.05) is 0 Å². The van der Waals surface area contributed by atoms with Gasteiger partial charge in [0.2, 0.25) is 5.96 Å². The van der Waals surface area contributed by atoms with Crippen molar-refractivity contribution in [1.82, 2.24) is 5.32 Å². The summed E-state index contributed by atoms with van der Waals surface area (Å²) in [6, 6.07) is -0.862. The minimum absolute atomic E-state index is 0.315. The monoisotopic (exact) mass is 190 g/mol. The Hall–Kier alpha value is -1.50. The minimum atomic E-state index is -1.06. The largest absolute Gasteiger partial charge is 0.480 e. The Bertz CT molecular complexity index is 194. The zero-order valence-electron chi connectivity index (χ0n) is 7.10. The van der Waals surface area contributed by atoms with Gasteiger partial charge in [0.15, 0.2) is 0 Å². The lowest BCUT2D eigenvalue weighted by molar-refractivity contribution is -0.139. The number of aliphatic carboxylic acids is 1. The molecule has 0 aromatic carbocycles. The summed E-state index contributed by atoms with van der Waals surface area (Å²) >= 11 is 0. The Kier molecular flexibility index (Phi) is 5.37. The molecular weight excluding hydrogens is 176 g/mol. The number of nitrogens with zero attached hydrogens (tertiary/aromatic N) is 1. The number of carbonyl (C=O) groups is 1. The number of rotatable bonds is 5. The van der Waals surface area contributed by atoms with Crippen molar-refractivity contribution >= 4 is 11.9 Å². The van der Waals surface area contributed by atoms with Crippen molar-refractivity contribution in [3.63, 3.8) is 0 Å². The summed E-state index contributed by atoms with van der Waals surface area (Å²) in [7, 11) is 0. The molecule has 7 nitrogen and oxygen atoms in total. The van der Waals surface area contributed by atoms with E-state index in [0.29, 0.717) is 19.4 Å². The number of guanidine groups is 1. The fourth-order valence-electron chi connectivity index (χ4n) is 0.787. The first-order chi connectivity index (χ1) is 6.11. The van der Waals surface area contributed by atoms with E-state index in [0.717, 1.165) is 0 Å². The van der Waals surface area contributed by atoms with Crippen molar-refractivity contribution < 1.29 is 15.1 Å². The quantitative estimate of drug-likeness (QED) is 0.154. The molecule has 0 saturated heterocycles. The van der Waals surface area contributed by atoms with E-state index >= 15 is 0 Å². The highest BCUT2D eigenvalue weighted by Crippen LogP contribution is 1.95. The third kappa shape index (κ3) is 4.86. The molecule has 0 bridgehead atoms. The topological polar surface area (TPSA) is 134 Å². The van der Waals surface area contributed by atoms with Crippen molar-refractivity contribution in [2.45, 2.75) is 18.9 Å².